The van der Waals surface area contributed by atoms with E-state index in [0.717, 1.165) is 21.2 Å². The van der Waals surface area contributed by atoms with Crippen molar-refractivity contribution in [1.82, 2.24) is 0 Å². The molecule has 0 aromatic heterocycles. The van der Waals surface area contributed by atoms with Gasteiger partial charge in [-0.25, -0.2) is 0 Å². The molecule has 0 aliphatic heterocycles. The zero-order valence-corrected chi connectivity index (χ0v) is 21.3. The molecule has 3 aromatic rings. The van der Waals surface area contributed by atoms with E-state index in [0.29, 0.717) is 35.1 Å². The van der Waals surface area contributed by atoms with Crippen molar-refractivity contribution in [3.05, 3.63) is 110 Å². The van der Waals surface area contributed by atoms with Gasteiger partial charge in [-0.15, -0.1) is 6.58 Å². The number of aryl methyl sites for hydroxylation is 2. The number of amides is 1. The summed E-state index contributed by atoms with van der Waals surface area (Å²) in [4.78, 5) is 12.7. The molecule has 6 heteroatoms. The smallest absolute Gasteiger partial charge is 0.266 e. The lowest BCUT2D eigenvalue weighted by atomic mass is 10.0. The summed E-state index contributed by atoms with van der Waals surface area (Å²) in [6, 6.07) is 19.0. The summed E-state index contributed by atoms with van der Waals surface area (Å²) in [5.41, 5.74) is 5.23. The lowest BCUT2D eigenvalue weighted by Gasteiger charge is -2.14. The number of hydrogen-bond donors (Lipinski definition) is 1. The number of nitriles is 1. The van der Waals surface area contributed by atoms with Crippen LogP contribution in [0.4, 0.5) is 5.69 Å². The molecule has 0 fully saturated rings. The van der Waals surface area contributed by atoms with Gasteiger partial charge in [0.2, 0.25) is 0 Å². The van der Waals surface area contributed by atoms with E-state index in [4.69, 9.17) is 16.3 Å². The van der Waals surface area contributed by atoms with Crippen molar-refractivity contribution in [2.24, 2.45) is 0 Å². The maximum Gasteiger partial charge on any atom is 0.266 e. The van der Waals surface area contributed by atoms with Gasteiger partial charge in [0.1, 0.15) is 24.0 Å². The molecule has 0 saturated heterocycles. The molecule has 3 aromatic carbocycles. The third kappa shape index (κ3) is 6.60. The third-order valence-corrected chi connectivity index (χ3v) is 6.07. The molecule has 0 radical (unpaired) electrons. The van der Waals surface area contributed by atoms with Crippen molar-refractivity contribution < 1.29 is 9.53 Å². The molecule has 0 unspecified atom stereocenters. The molecular weight excluding hydrogens is 512 g/mol. The van der Waals surface area contributed by atoms with Crippen LogP contribution in [0, 0.1) is 25.2 Å². The van der Waals surface area contributed by atoms with Crippen LogP contribution < -0.4 is 10.1 Å². The van der Waals surface area contributed by atoms with Gasteiger partial charge in [0.05, 0.1) is 4.47 Å². The average Bonchev–Trinajstić information content (AvgIpc) is 2.79. The molecule has 0 atom stereocenters. The number of allylic oxidation sites excluding steroid dienone is 1. The predicted molar refractivity (Wildman–Crippen MR) is 142 cm³/mol. The maximum absolute atomic E-state index is 12.7. The van der Waals surface area contributed by atoms with Crippen LogP contribution in [-0.2, 0) is 17.8 Å². The minimum absolute atomic E-state index is 0.0263. The summed E-state index contributed by atoms with van der Waals surface area (Å²) in [7, 11) is 0. The van der Waals surface area contributed by atoms with Crippen molar-refractivity contribution in [2.75, 3.05) is 5.32 Å². The first-order valence-electron chi connectivity index (χ1n) is 10.6. The van der Waals surface area contributed by atoms with Crippen molar-refractivity contribution in [3.63, 3.8) is 0 Å². The van der Waals surface area contributed by atoms with Gasteiger partial charge in [-0.05, 0) is 88.8 Å². The summed E-state index contributed by atoms with van der Waals surface area (Å²) in [5.74, 6) is 0.194. The highest BCUT2D eigenvalue weighted by atomic mass is 79.9. The molecule has 0 spiro atoms. The van der Waals surface area contributed by atoms with Gasteiger partial charge in [-0.1, -0.05) is 53.6 Å². The van der Waals surface area contributed by atoms with Crippen LogP contribution in [0.25, 0.3) is 6.08 Å². The number of nitrogens with zero attached hydrogens (tertiary/aromatic N) is 1. The highest BCUT2D eigenvalue weighted by Crippen LogP contribution is 2.33. The predicted octanol–water partition coefficient (Wildman–Crippen LogP) is 7.57. The summed E-state index contributed by atoms with van der Waals surface area (Å²) in [6.07, 6.45) is 3.90. The van der Waals surface area contributed by atoms with Crippen LogP contribution in [0.3, 0.4) is 0 Å². The number of rotatable bonds is 8. The molecule has 0 aliphatic carbocycles. The van der Waals surface area contributed by atoms with Gasteiger partial charge < -0.3 is 10.1 Å². The minimum atomic E-state index is -0.511. The van der Waals surface area contributed by atoms with E-state index in [1.807, 2.05) is 56.3 Å². The Morgan fingerprint density at radius 1 is 1.21 bits per heavy atom. The Morgan fingerprint density at radius 2 is 2.00 bits per heavy atom. The fourth-order valence-corrected chi connectivity index (χ4v) is 4.18. The van der Waals surface area contributed by atoms with E-state index in [1.165, 1.54) is 5.56 Å². The molecule has 1 N–H and O–H groups in total. The second-order valence-corrected chi connectivity index (χ2v) is 9.11. The van der Waals surface area contributed by atoms with Crippen LogP contribution in [0.2, 0.25) is 5.02 Å². The Balaban J connectivity index is 1.85. The zero-order valence-electron chi connectivity index (χ0n) is 19.0. The van der Waals surface area contributed by atoms with Crippen molar-refractivity contribution in [3.8, 4) is 11.8 Å². The SMILES string of the molecule is C=CCc1cc(/C=C(/C#N)C(=O)Nc2ccc(C)c(Cl)c2)cc(Br)c1OCc1cccc(C)c1. The van der Waals surface area contributed by atoms with Gasteiger partial charge in [-0.3, -0.25) is 4.79 Å². The largest absolute Gasteiger partial charge is 0.487 e. The molecule has 0 bridgehead atoms. The normalized spacial score (nSPS) is 11.0. The van der Waals surface area contributed by atoms with Crippen molar-refractivity contribution >= 4 is 45.2 Å². The molecule has 0 heterocycles. The van der Waals surface area contributed by atoms with E-state index in [2.05, 4.69) is 33.9 Å². The number of anilines is 1. The summed E-state index contributed by atoms with van der Waals surface area (Å²) < 4.78 is 6.85. The van der Waals surface area contributed by atoms with Gasteiger partial charge in [0.25, 0.3) is 5.91 Å². The van der Waals surface area contributed by atoms with Crippen LogP contribution in [0.1, 0.15) is 27.8 Å². The number of hydrogen-bond acceptors (Lipinski definition) is 3. The monoisotopic (exact) mass is 534 g/mol. The van der Waals surface area contributed by atoms with E-state index >= 15 is 0 Å². The maximum atomic E-state index is 12.7. The first kappa shape index (κ1) is 25.3. The Hall–Kier alpha value is -3.33. The van der Waals surface area contributed by atoms with Crippen molar-refractivity contribution in [1.29, 1.82) is 5.26 Å². The third-order valence-electron chi connectivity index (χ3n) is 5.08. The Bertz CT molecular complexity index is 1310. The fourth-order valence-electron chi connectivity index (χ4n) is 3.37. The van der Waals surface area contributed by atoms with Crippen molar-refractivity contribution in [2.45, 2.75) is 26.9 Å². The average molecular weight is 536 g/mol. The number of carbonyl (C=O) groups excluding carboxylic acids is 1. The fraction of sp³-hybridized carbons (Fsp3) is 0.143. The number of nitrogens with one attached hydrogen (secondary N) is 1. The van der Waals surface area contributed by atoms with E-state index < -0.39 is 5.91 Å². The van der Waals surface area contributed by atoms with E-state index in [1.54, 1.807) is 24.3 Å². The Morgan fingerprint density at radius 3 is 2.68 bits per heavy atom. The number of halogens is 2. The van der Waals surface area contributed by atoms with E-state index in [9.17, 15) is 10.1 Å². The number of ether oxygens (including phenoxy) is 1. The van der Waals surface area contributed by atoms with Gasteiger partial charge >= 0.3 is 0 Å². The lowest BCUT2D eigenvalue weighted by Crippen LogP contribution is -2.13. The van der Waals surface area contributed by atoms with Crippen LogP contribution >= 0.6 is 27.5 Å². The molecule has 4 nitrogen and oxygen atoms in total. The molecular formula is C28H24BrClN2O2. The molecule has 172 valence electrons. The summed E-state index contributed by atoms with van der Waals surface area (Å²) in [5, 5.41) is 12.9. The number of carbonyl (C=O) groups is 1. The van der Waals surface area contributed by atoms with E-state index in [-0.39, 0.29) is 5.57 Å². The van der Waals surface area contributed by atoms with Crippen LogP contribution in [-0.4, -0.2) is 5.91 Å². The molecule has 1 amide bonds. The second kappa shape index (κ2) is 11.7. The van der Waals surface area contributed by atoms with Gasteiger partial charge in [0.15, 0.2) is 0 Å². The first-order valence-corrected chi connectivity index (χ1v) is 11.8. The zero-order chi connectivity index (χ0) is 24.7. The standard InChI is InChI=1S/C28H24BrClN2O2/c1-4-6-22-12-21(14-25(29)27(22)34-17-20-8-5-7-18(2)11-20)13-23(16-31)28(33)32-24-10-9-19(3)26(30)15-24/h4-5,7-15H,1,6,17H2,2-3H3,(H,32,33)/b23-13-. The Kier molecular flexibility index (Phi) is 8.70. The quantitative estimate of drug-likeness (QED) is 0.184. The molecule has 0 aliphatic rings. The molecule has 0 saturated carbocycles. The van der Waals surface area contributed by atoms with Gasteiger partial charge in [-0.2, -0.15) is 5.26 Å². The molecule has 3 rings (SSSR count). The first-order chi connectivity index (χ1) is 16.3. The van der Waals surface area contributed by atoms with Gasteiger partial charge in [0, 0.05) is 10.7 Å². The highest BCUT2D eigenvalue weighted by Gasteiger charge is 2.14. The summed E-state index contributed by atoms with van der Waals surface area (Å²) >= 11 is 9.72. The second-order valence-electron chi connectivity index (χ2n) is 7.85. The minimum Gasteiger partial charge on any atom is -0.487 e. The van der Waals surface area contributed by atoms with Crippen LogP contribution in [0.5, 0.6) is 5.75 Å². The number of benzene rings is 3. The van der Waals surface area contributed by atoms with Crippen LogP contribution in [0.15, 0.2) is 77.3 Å². The topological polar surface area (TPSA) is 62.1 Å². The highest BCUT2D eigenvalue weighted by molar-refractivity contribution is 9.10. The Labute approximate surface area is 213 Å². The summed E-state index contributed by atoms with van der Waals surface area (Å²) in [6.45, 7) is 8.18. The lowest BCUT2D eigenvalue weighted by molar-refractivity contribution is -0.112. The molecule has 34 heavy (non-hydrogen) atoms.